The van der Waals surface area contributed by atoms with E-state index in [0.29, 0.717) is 6.42 Å². The number of benzene rings is 2. The standard InChI is InChI=1S/C22H26N2O3/c25-21(24-14-8-3-9-15-24)20(16-18-10-4-1-5-11-18)23-22(26)27-17-19-12-6-2-7-13-19/h1-2,4-7,10-13,20H,3,8-9,14-17H2,(H,23,26)/t20-/m1/s1. The predicted molar refractivity (Wildman–Crippen MR) is 104 cm³/mol. The van der Waals surface area contributed by atoms with E-state index in [9.17, 15) is 9.59 Å². The van der Waals surface area contributed by atoms with Crippen LogP contribution in [-0.2, 0) is 22.6 Å². The number of nitrogens with zero attached hydrogens (tertiary/aromatic N) is 1. The molecule has 2 aromatic rings. The normalized spacial score (nSPS) is 15.0. The minimum Gasteiger partial charge on any atom is -0.445 e. The Kier molecular flexibility index (Phi) is 6.85. The first kappa shape index (κ1) is 19.0. The van der Waals surface area contributed by atoms with Gasteiger partial charge in [-0.3, -0.25) is 4.79 Å². The maximum Gasteiger partial charge on any atom is 0.408 e. The van der Waals surface area contributed by atoms with Crippen molar-refractivity contribution in [1.82, 2.24) is 10.2 Å². The van der Waals surface area contributed by atoms with E-state index >= 15 is 0 Å². The smallest absolute Gasteiger partial charge is 0.408 e. The molecule has 1 aliphatic rings. The van der Waals surface area contributed by atoms with Crippen LogP contribution in [-0.4, -0.2) is 36.0 Å². The number of alkyl carbamates (subject to hydrolysis) is 1. The summed E-state index contributed by atoms with van der Waals surface area (Å²) in [5.41, 5.74) is 1.92. The van der Waals surface area contributed by atoms with E-state index in [1.807, 2.05) is 65.6 Å². The Morgan fingerprint density at radius 2 is 1.48 bits per heavy atom. The van der Waals surface area contributed by atoms with Crippen molar-refractivity contribution >= 4 is 12.0 Å². The van der Waals surface area contributed by atoms with E-state index in [1.54, 1.807) is 0 Å². The summed E-state index contributed by atoms with van der Waals surface area (Å²) in [5, 5.41) is 2.78. The van der Waals surface area contributed by atoms with Gasteiger partial charge in [0, 0.05) is 19.5 Å². The van der Waals surface area contributed by atoms with Crippen LogP contribution in [0.3, 0.4) is 0 Å². The molecule has 0 aromatic heterocycles. The van der Waals surface area contributed by atoms with Crippen LogP contribution in [0.4, 0.5) is 4.79 Å². The average molecular weight is 366 g/mol. The number of carbonyl (C=O) groups is 2. The third-order valence-electron chi connectivity index (χ3n) is 4.75. The zero-order valence-corrected chi connectivity index (χ0v) is 15.5. The summed E-state index contributed by atoms with van der Waals surface area (Å²) in [6.45, 7) is 1.69. The summed E-state index contributed by atoms with van der Waals surface area (Å²) in [7, 11) is 0. The minimum absolute atomic E-state index is 0.0322. The first-order valence-electron chi connectivity index (χ1n) is 9.52. The molecule has 1 aliphatic heterocycles. The van der Waals surface area contributed by atoms with Gasteiger partial charge < -0.3 is 15.0 Å². The van der Waals surface area contributed by atoms with Crippen LogP contribution in [0, 0.1) is 0 Å². The maximum atomic E-state index is 13.0. The number of ether oxygens (including phenoxy) is 1. The molecule has 0 radical (unpaired) electrons. The van der Waals surface area contributed by atoms with Crippen LogP contribution in [0.1, 0.15) is 30.4 Å². The van der Waals surface area contributed by atoms with Crippen LogP contribution >= 0.6 is 0 Å². The second kappa shape index (κ2) is 9.76. The third-order valence-corrected chi connectivity index (χ3v) is 4.75. The van der Waals surface area contributed by atoms with Crippen LogP contribution in [0.15, 0.2) is 60.7 Å². The fraction of sp³-hybridized carbons (Fsp3) is 0.364. The number of amides is 2. The van der Waals surface area contributed by atoms with Crippen molar-refractivity contribution in [2.24, 2.45) is 0 Å². The monoisotopic (exact) mass is 366 g/mol. The molecule has 2 aromatic carbocycles. The SMILES string of the molecule is O=C(N[C@H](Cc1ccccc1)C(=O)N1CCCCC1)OCc1ccccc1. The lowest BCUT2D eigenvalue weighted by molar-refractivity contribution is -0.134. The second-order valence-electron chi connectivity index (χ2n) is 6.83. The zero-order chi connectivity index (χ0) is 18.9. The molecule has 0 aliphatic carbocycles. The molecule has 1 fully saturated rings. The van der Waals surface area contributed by atoms with E-state index in [1.165, 1.54) is 0 Å². The molecule has 1 N–H and O–H groups in total. The first-order chi connectivity index (χ1) is 13.2. The second-order valence-corrected chi connectivity index (χ2v) is 6.83. The molecule has 3 rings (SSSR count). The molecule has 1 atom stereocenters. The molecular weight excluding hydrogens is 340 g/mol. The predicted octanol–water partition coefficient (Wildman–Crippen LogP) is 3.54. The van der Waals surface area contributed by atoms with Gasteiger partial charge in [0.1, 0.15) is 12.6 Å². The van der Waals surface area contributed by atoms with Gasteiger partial charge >= 0.3 is 6.09 Å². The molecule has 0 saturated carbocycles. The lowest BCUT2D eigenvalue weighted by Crippen LogP contribution is -2.51. The van der Waals surface area contributed by atoms with Gasteiger partial charge in [0.15, 0.2) is 0 Å². The summed E-state index contributed by atoms with van der Waals surface area (Å²) in [5.74, 6) is -0.0322. The van der Waals surface area contributed by atoms with E-state index in [-0.39, 0.29) is 12.5 Å². The quantitative estimate of drug-likeness (QED) is 0.851. The molecule has 27 heavy (non-hydrogen) atoms. The van der Waals surface area contributed by atoms with Crippen molar-refractivity contribution in [2.75, 3.05) is 13.1 Å². The van der Waals surface area contributed by atoms with Crippen molar-refractivity contribution in [3.8, 4) is 0 Å². The van der Waals surface area contributed by atoms with Gasteiger partial charge in [-0.25, -0.2) is 4.79 Å². The Morgan fingerprint density at radius 1 is 0.889 bits per heavy atom. The Balaban J connectivity index is 1.63. The highest BCUT2D eigenvalue weighted by molar-refractivity contribution is 5.86. The van der Waals surface area contributed by atoms with Crippen LogP contribution in [0.2, 0.25) is 0 Å². The molecule has 2 amide bonds. The van der Waals surface area contributed by atoms with Gasteiger partial charge in [0.25, 0.3) is 0 Å². The van der Waals surface area contributed by atoms with Crippen LogP contribution in [0.5, 0.6) is 0 Å². The number of nitrogens with one attached hydrogen (secondary N) is 1. The molecule has 0 bridgehead atoms. The van der Waals surface area contributed by atoms with Crippen molar-refractivity contribution in [2.45, 2.75) is 38.3 Å². The van der Waals surface area contributed by atoms with Crippen LogP contribution in [0.25, 0.3) is 0 Å². The van der Waals surface area contributed by atoms with E-state index in [0.717, 1.165) is 43.5 Å². The summed E-state index contributed by atoms with van der Waals surface area (Å²) >= 11 is 0. The van der Waals surface area contributed by atoms with Crippen molar-refractivity contribution in [3.63, 3.8) is 0 Å². The topological polar surface area (TPSA) is 58.6 Å². The van der Waals surface area contributed by atoms with Crippen LogP contribution < -0.4 is 5.32 Å². The summed E-state index contributed by atoms with van der Waals surface area (Å²) < 4.78 is 5.31. The molecule has 1 heterocycles. The number of hydrogen-bond donors (Lipinski definition) is 1. The highest BCUT2D eigenvalue weighted by atomic mass is 16.5. The van der Waals surface area contributed by atoms with Gasteiger partial charge in [-0.1, -0.05) is 60.7 Å². The van der Waals surface area contributed by atoms with Gasteiger partial charge in [-0.05, 0) is 30.4 Å². The zero-order valence-electron chi connectivity index (χ0n) is 15.5. The van der Waals surface area contributed by atoms with E-state index < -0.39 is 12.1 Å². The molecule has 5 heteroatoms. The minimum atomic E-state index is -0.617. The van der Waals surface area contributed by atoms with Gasteiger partial charge in [0.05, 0.1) is 0 Å². The fourth-order valence-corrected chi connectivity index (χ4v) is 3.29. The average Bonchev–Trinajstić information content (AvgIpc) is 2.73. The Bertz CT molecular complexity index is 728. The highest BCUT2D eigenvalue weighted by Crippen LogP contribution is 2.13. The lowest BCUT2D eigenvalue weighted by Gasteiger charge is -2.30. The summed E-state index contributed by atoms with van der Waals surface area (Å²) in [6.07, 6.45) is 3.07. The molecular formula is C22H26N2O3. The highest BCUT2D eigenvalue weighted by Gasteiger charge is 2.27. The molecule has 5 nitrogen and oxygen atoms in total. The largest absolute Gasteiger partial charge is 0.445 e. The molecule has 142 valence electrons. The van der Waals surface area contributed by atoms with Crippen molar-refractivity contribution < 1.29 is 14.3 Å². The summed E-state index contributed by atoms with van der Waals surface area (Å²) in [4.78, 5) is 27.1. The van der Waals surface area contributed by atoms with Gasteiger partial charge in [0.2, 0.25) is 5.91 Å². The Labute approximate surface area is 160 Å². The summed E-state index contributed by atoms with van der Waals surface area (Å²) in [6, 6.07) is 18.6. The van der Waals surface area contributed by atoms with E-state index in [4.69, 9.17) is 4.74 Å². The fourth-order valence-electron chi connectivity index (χ4n) is 3.29. The number of rotatable bonds is 6. The van der Waals surface area contributed by atoms with E-state index in [2.05, 4.69) is 5.32 Å². The Hall–Kier alpha value is -2.82. The molecule has 0 unspecified atom stereocenters. The first-order valence-corrected chi connectivity index (χ1v) is 9.52. The molecule has 0 spiro atoms. The lowest BCUT2D eigenvalue weighted by atomic mass is 10.0. The van der Waals surface area contributed by atoms with Crippen molar-refractivity contribution in [1.29, 1.82) is 0 Å². The number of hydrogen-bond acceptors (Lipinski definition) is 3. The Morgan fingerprint density at radius 3 is 2.11 bits per heavy atom. The number of likely N-dealkylation sites (tertiary alicyclic amines) is 1. The van der Waals surface area contributed by atoms with Gasteiger partial charge in [-0.2, -0.15) is 0 Å². The maximum absolute atomic E-state index is 13.0. The van der Waals surface area contributed by atoms with Gasteiger partial charge in [-0.15, -0.1) is 0 Å². The third kappa shape index (κ3) is 5.84. The number of piperidine rings is 1. The number of carbonyl (C=O) groups excluding carboxylic acids is 2. The van der Waals surface area contributed by atoms with Crippen molar-refractivity contribution in [3.05, 3.63) is 71.8 Å². The molecule has 1 saturated heterocycles.